The van der Waals surface area contributed by atoms with E-state index in [1.54, 1.807) is 11.1 Å². The highest BCUT2D eigenvalue weighted by molar-refractivity contribution is 5.95. The van der Waals surface area contributed by atoms with Gasteiger partial charge in [0.2, 0.25) is 5.88 Å². The van der Waals surface area contributed by atoms with Gasteiger partial charge in [0.15, 0.2) is 0 Å². The van der Waals surface area contributed by atoms with E-state index in [0.717, 1.165) is 47.6 Å². The molecule has 0 bridgehead atoms. The van der Waals surface area contributed by atoms with Gasteiger partial charge in [0.1, 0.15) is 24.1 Å². The fourth-order valence-corrected chi connectivity index (χ4v) is 6.07. The maximum atomic E-state index is 12.5. The number of carbonyl (C=O) groups excluding carboxylic acids is 1. The number of carbonyl (C=O) groups is 1. The number of aromatic nitrogens is 2. The van der Waals surface area contributed by atoms with Gasteiger partial charge in [-0.25, -0.2) is 4.79 Å². The second-order valence-electron chi connectivity index (χ2n) is 12.1. The Morgan fingerprint density at radius 2 is 1.88 bits per heavy atom. The maximum Gasteiger partial charge on any atom is 0.410 e. The second-order valence-corrected chi connectivity index (χ2v) is 12.1. The largest absolute Gasteiger partial charge is 0.476 e. The van der Waals surface area contributed by atoms with E-state index in [4.69, 9.17) is 14.5 Å². The predicted octanol–water partition coefficient (Wildman–Crippen LogP) is 4.03. The first-order chi connectivity index (χ1) is 19.7. The highest BCUT2D eigenvalue weighted by Crippen LogP contribution is 2.34. The summed E-state index contributed by atoms with van der Waals surface area (Å²) in [6, 6.07) is 14.9. The zero-order valence-corrected chi connectivity index (χ0v) is 24.2. The number of rotatable bonds is 2. The van der Waals surface area contributed by atoms with Gasteiger partial charge in [-0.2, -0.15) is 10.2 Å². The van der Waals surface area contributed by atoms with Crippen molar-refractivity contribution in [1.29, 1.82) is 5.26 Å². The van der Waals surface area contributed by atoms with Gasteiger partial charge < -0.3 is 24.2 Å². The third kappa shape index (κ3) is 5.46. The molecule has 2 atom stereocenters. The van der Waals surface area contributed by atoms with Crippen molar-refractivity contribution in [2.24, 2.45) is 0 Å². The number of nitriles is 1. The van der Waals surface area contributed by atoms with Crippen molar-refractivity contribution in [2.75, 3.05) is 55.7 Å². The maximum absolute atomic E-state index is 12.5. The van der Waals surface area contributed by atoms with Crippen LogP contribution >= 0.6 is 0 Å². The lowest BCUT2D eigenvalue weighted by atomic mass is 10.0. The van der Waals surface area contributed by atoms with E-state index in [2.05, 4.69) is 44.8 Å². The van der Waals surface area contributed by atoms with Gasteiger partial charge in [-0.1, -0.05) is 0 Å². The molecule has 0 N–H and O–H groups in total. The molecule has 1 amide bonds. The Morgan fingerprint density at radius 3 is 2.63 bits per heavy atom. The van der Waals surface area contributed by atoms with E-state index >= 15 is 0 Å². The molecule has 214 valence electrons. The molecule has 10 heteroatoms. The monoisotopic (exact) mass is 555 g/mol. The van der Waals surface area contributed by atoms with Crippen molar-refractivity contribution in [3.05, 3.63) is 53.7 Å². The first kappa shape index (κ1) is 27.1. The average Bonchev–Trinajstić information content (AvgIpc) is 3.15. The fraction of sp³-hybridized carbons (Fsp3) is 0.484. The molecular weight excluding hydrogens is 518 g/mol. The van der Waals surface area contributed by atoms with Gasteiger partial charge in [-0.05, 0) is 64.1 Å². The van der Waals surface area contributed by atoms with Crippen LogP contribution in [0.2, 0.25) is 0 Å². The highest BCUT2D eigenvalue weighted by Gasteiger charge is 2.36. The minimum Gasteiger partial charge on any atom is -0.476 e. The number of ether oxygens (including phenoxy) is 2. The Hall–Kier alpha value is -4.10. The summed E-state index contributed by atoms with van der Waals surface area (Å²) >= 11 is 0. The number of pyridine rings is 2. The summed E-state index contributed by atoms with van der Waals surface area (Å²) in [4.78, 5) is 30.8. The molecule has 0 aliphatic carbocycles. The SMILES string of the molecule is C[C@@H]1CN(c2ccc(C#N)c3ncccc23)C[C@@H]2COc3nc(N4CCN(C(=O)OC(C)(C)C)CC4)ccc3CN21. The van der Waals surface area contributed by atoms with Gasteiger partial charge >= 0.3 is 6.09 Å². The van der Waals surface area contributed by atoms with Crippen LogP contribution in [0.1, 0.15) is 38.8 Å². The number of amides is 1. The molecule has 5 heterocycles. The molecule has 0 spiro atoms. The Balaban J connectivity index is 1.15. The highest BCUT2D eigenvalue weighted by atomic mass is 16.6. The lowest BCUT2D eigenvalue weighted by Gasteiger charge is -2.45. The molecule has 0 saturated carbocycles. The quantitative estimate of drug-likeness (QED) is 0.464. The molecule has 2 saturated heterocycles. The molecule has 0 unspecified atom stereocenters. The fourth-order valence-electron chi connectivity index (χ4n) is 6.07. The zero-order valence-electron chi connectivity index (χ0n) is 24.2. The molecule has 10 nitrogen and oxygen atoms in total. The van der Waals surface area contributed by atoms with Crippen LogP contribution in [0.4, 0.5) is 16.3 Å². The van der Waals surface area contributed by atoms with E-state index in [1.807, 2.05) is 45.0 Å². The molecule has 2 aromatic heterocycles. The molecule has 3 aromatic rings. The van der Waals surface area contributed by atoms with Crippen LogP contribution in [0.3, 0.4) is 0 Å². The summed E-state index contributed by atoms with van der Waals surface area (Å²) in [5.74, 6) is 1.57. The standard InChI is InChI=1S/C31H37N7O3/c1-21-17-37(26-9-7-22(16-32)28-25(26)6-5-11-33-28)19-24-20-40-29-23(18-38(21)24)8-10-27(34-29)35-12-14-36(15-13-35)30(39)41-31(2,3)4/h5-11,21,24H,12-15,17-20H2,1-4H3/t21-,24-/m1/s1. The number of hydrogen-bond donors (Lipinski definition) is 0. The summed E-state index contributed by atoms with van der Waals surface area (Å²) in [5, 5.41) is 10.6. The Morgan fingerprint density at radius 1 is 1.07 bits per heavy atom. The summed E-state index contributed by atoms with van der Waals surface area (Å²) in [6.45, 7) is 13.5. The third-order valence-electron chi connectivity index (χ3n) is 8.10. The topological polar surface area (TPSA) is 98.1 Å². The number of fused-ring (bicyclic) bond motifs is 3. The molecule has 3 aliphatic rings. The Kier molecular flexibility index (Phi) is 7.08. The van der Waals surface area contributed by atoms with Crippen LogP contribution in [-0.2, 0) is 11.3 Å². The van der Waals surface area contributed by atoms with E-state index in [9.17, 15) is 10.1 Å². The Bertz CT molecular complexity index is 1490. The molecule has 6 rings (SSSR count). The van der Waals surface area contributed by atoms with Gasteiger partial charge in [0, 0.05) is 74.7 Å². The second kappa shape index (κ2) is 10.7. The number of hydrogen-bond acceptors (Lipinski definition) is 9. The van der Waals surface area contributed by atoms with Crippen molar-refractivity contribution in [3.8, 4) is 11.9 Å². The third-order valence-corrected chi connectivity index (χ3v) is 8.10. The minimum atomic E-state index is -0.501. The Labute approximate surface area is 241 Å². The van der Waals surface area contributed by atoms with Crippen molar-refractivity contribution >= 4 is 28.5 Å². The van der Waals surface area contributed by atoms with E-state index in [1.165, 1.54) is 0 Å². The van der Waals surface area contributed by atoms with Gasteiger partial charge in [-0.3, -0.25) is 9.88 Å². The number of nitrogens with zero attached hydrogens (tertiary/aromatic N) is 7. The van der Waals surface area contributed by atoms with Gasteiger partial charge in [-0.15, -0.1) is 0 Å². The van der Waals surface area contributed by atoms with Crippen LogP contribution in [0.5, 0.6) is 5.88 Å². The zero-order chi connectivity index (χ0) is 28.7. The summed E-state index contributed by atoms with van der Waals surface area (Å²) < 4.78 is 11.9. The van der Waals surface area contributed by atoms with Crippen molar-refractivity contribution in [3.63, 3.8) is 0 Å². The van der Waals surface area contributed by atoms with Crippen molar-refractivity contribution in [1.82, 2.24) is 19.8 Å². The molecule has 1 aromatic carbocycles. The van der Waals surface area contributed by atoms with Crippen LogP contribution in [0.25, 0.3) is 10.9 Å². The molecule has 3 aliphatic heterocycles. The first-order valence-corrected chi connectivity index (χ1v) is 14.3. The van der Waals surface area contributed by atoms with Crippen LogP contribution in [-0.4, -0.2) is 89.4 Å². The number of benzene rings is 1. The van der Waals surface area contributed by atoms with E-state index < -0.39 is 5.60 Å². The summed E-state index contributed by atoms with van der Waals surface area (Å²) in [7, 11) is 0. The lowest BCUT2D eigenvalue weighted by Crippen LogP contribution is -2.58. The molecular formula is C31H37N7O3. The van der Waals surface area contributed by atoms with Gasteiger partial charge in [0.05, 0.1) is 17.1 Å². The average molecular weight is 556 g/mol. The van der Waals surface area contributed by atoms with Crippen molar-refractivity contribution in [2.45, 2.75) is 51.9 Å². The van der Waals surface area contributed by atoms with Crippen LogP contribution < -0.4 is 14.5 Å². The molecule has 2 fully saturated rings. The predicted molar refractivity (Wildman–Crippen MR) is 157 cm³/mol. The smallest absolute Gasteiger partial charge is 0.410 e. The van der Waals surface area contributed by atoms with Crippen LogP contribution in [0, 0.1) is 11.3 Å². The lowest BCUT2D eigenvalue weighted by molar-refractivity contribution is 0.0240. The van der Waals surface area contributed by atoms with Crippen LogP contribution in [0.15, 0.2) is 42.6 Å². The van der Waals surface area contributed by atoms with Crippen molar-refractivity contribution < 1.29 is 14.3 Å². The van der Waals surface area contributed by atoms with E-state index in [0.29, 0.717) is 50.3 Å². The minimum absolute atomic E-state index is 0.191. The molecule has 0 radical (unpaired) electrons. The van der Waals surface area contributed by atoms with E-state index in [-0.39, 0.29) is 12.1 Å². The summed E-state index contributed by atoms with van der Waals surface area (Å²) in [5.41, 5.74) is 3.04. The number of piperazine rings is 2. The normalized spacial score (nSPS) is 21.4. The van der Waals surface area contributed by atoms with Gasteiger partial charge in [0.25, 0.3) is 0 Å². The first-order valence-electron chi connectivity index (χ1n) is 14.3. The summed E-state index contributed by atoms with van der Waals surface area (Å²) in [6.07, 6.45) is 1.48. The molecule has 41 heavy (non-hydrogen) atoms. The number of anilines is 2.